The van der Waals surface area contributed by atoms with Crippen LogP contribution in [-0.4, -0.2) is 11.0 Å². The zero-order valence-corrected chi connectivity index (χ0v) is 9.07. The highest BCUT2D eigenvalue weighted by Crippen LogP contribution is 2.26. The molecule has 0 bridgehead atoms. The average Bonchev–Trinajstić information content (AvgIpc) is 2.24. The molecule has 0 saturated carbocycles. The number of hydrogen-bond acceptors (Lipinski definition) is 2. The standard InChI is InChI=1S/C13H15NO2/c1-3-5-9-7-11(13(14)16)8-10(6-4-2)12(9)15/h3-4,7-8,15H,1-2,5-6H2,(H2,14,16). The molecule has 0 spiro atoms. The Morgan fingerprint density at radius 2 is 1.69 bits per heavy atom. The maximum atomic E-state index is 11.1. The van der Waals surface area contributed by atoms with Crippen molar-refractivity contribution in [1.29, 1.82) is 0 Å². The molecule has 84 valence electrons. The number of benzene rings is 1. The van der Waals surface area contributed by atoms with Gasteiger partial charge in [0.15, 0.2) is 0 Å². The second kappa shape index (κ2) is 5.16. The highest BCUT2D eigenvalue weighted by atomic mass is 16.3. The molecule has 3 nitrogen and oxygen atoms in total. The molecule has 1 rings (SSSR count). The van der Waals surface area contributed by atoms with Gasteiger partial charge >= 0.3 is 0 Å². The zero-order valence-electron chi connectivity index (χ0n) is 9.07. The largest absolute Gasteiger partial charge is 0.507 e. The van der Waals surface area contributed by atoms with Crippen molar-refractivity contribution in [2.75, 3.05) is 0 Å². The van der Waals surface area contributed by atoms with Crippen molar-refractivity contribution in [3.63, 3.8) is 0 Å². The van der Waals surface area contributed by atoms with Gasteiger partial charge in [-0.15, -0.1) is 13.2 Å². The molecular weight excluding hydrogens is 202 g/mol. The average molecular weight is 217 g/mol. The molecule has 0 aliphatic carbocycles. The summed E-state index contributed by atoms with van der Waals surface area (Å²) in [6, 6.07) is 3.18. The molecule has 3 N–H and O–H groups in total. The van der Waals surface area contributed by atoms with Gasteiger partial charge in [0.05, 0.1) is 0 Å². The van der Waals surface area contributed by atoms with Gasteiger partial charge in [0.25, 0.3) is 0 Å². The lowest BCUT2D eigenvalue weighted by atomic mass is 9.99. The van der Waals surface area contributed by atoms with Crippen molar-refractivity contribution in [1.82, 2.24) is 0 Å². The van der Waals surface area contributed by atoms with Crippen LogP contribution >= 0.6 is 0 Å². The summed E-state index contributed by atoms with van der Waals surface area (Å²) < 4.78 is 0. The minimum absolute atomic E-state index is 0.185. The number of rotatable bonds is 5. The van der Waals surface area contributed by atoms with E-state index in [2.05, 4.69) is 13.2 Å². The Morgan fingerprint density at radius 3 is 2.00 bits per heavy atom. The van der Waals surface area contributed by atoms with E-state index in [1.807, 2.05) is 0 Å². The number of aromatic hydroxyl groups is 1. The Hall–Kier alpha value is -2.03. The molecule has 0 unspecified atom stereocenters. The molecule has 16 heavy (non-hydrogen) atoms. The van der Waals surface area contributed by atoms with E-state index in [4.69, 9.17) is 5.73 Å². The third-order valence-electron chi connectivity index (χ3n) is 2.28. The lowest BCUT2D eigenvalue weighted by molar-refractivity contribution is 0.1000. The Balaban J connectivity index is 3.31. The van der Waals surface area contributed by atoms with Crippen molar-refractivity contribution >= 4 is 5.91 Å². The van der Waals surface area contributed by atoms with Gasteiger partial charge in [-0.1, -0.05) is 12.2 Å². The Labute approximate surface area is 94.9 Å². The summed E-state index contributed by atoms with van der Waals surface area (Å²) >= 11 is 0. The quantitative estimate of drug-likeness (QED) is 0.740. The summed E-state index contributed by atoms with van der Waals surface area (Å²) in [4.78, 5) is 11.1. The van der Waals surface area contributed by atoms with Crippen molar-refractivity contribution in [2.24, 2.45) is 5.73 Å². The Kier molecular flexibility index (Phi) is 3.89. The molecule has 0 aliphatic rings. The third kappa shape index (κ3) is 2.51. The van der Waals surface area contributed by atoms with Crippen molar-refractivity contribution in [3.05, 3.63) is 54.1 Å². The van der Waals surface area contributed by atoms with Crippen molar-refractivity contribution in [2.45, 2.75) is 12.8 Å². The highest BCUT2D eigenvalue weighted by Gasteiger charge is 2.10. The number of primary amides is 1. The van der Waals surface area contributed by atoms with Crippen molar-refractivity contribution in [3.8, 4) is 5.75 Å². The van der Waals surface area contributed by atoms with Crippen LogP contribution in [-0.2, 0) is 12.8 Å². The Bertz CT molecular complexity index is 405. The van der Waals surface area contributed by atoms with E-state index >= 15 is 0 Å². The van der Waals surface area contributed by atoms with Crippen LogP contribution in [0, 0.1) is 0 Å². The highest BCUT2D eigenvalue weighted by molar-refractivity contribution is 5.93. The fourth-order valence-corrected chi connectivity index (χ4v) is 1.52. The van der Waals surface area contributed by atoms with Crippen LogP contribution in [0.25, 0.3) is 0 Å². The number of amides is 1. The summed E-state index contributed by atoms with van der Waals surface area (Å²) in [5.74, 6) is -0.319. The second-order valence-electron chi connectivity index (χ2n) is 3.49. The molecule has 0 radical (unpaired) electrons. The molecule has 0 heterocycles. The third-order valence-corrected chi connectivity index (χ3v) is 2.28. The number of carbonyl (C=O) groups is 1. The SMILES string of the molecule is C=CCc1cc(C(N)=O)cc(CC=C)c1O. The lowest BCUT2D eigenvalue weighted by Crippen LogP contribution is -2.12. The van der Waals surface area contributed by atoms with Gasteiger partial charge in [-0.3, -0.25) is 4.79 Å². The lowest BCUT2D eigenvalue weighted by Gasteiger charge is -2.09. The number of allylic oxidation sites excluding steroid dienone is 2. The normalized spacial score (nSPS) is 9.75. The summed E-state index contributed by atoms with van der Waals surface area (Å²) in [5.41, 5.74) is 6.93. The van der Waals surface area contributed by atoms with Crippen LogP contribution in [0.2, 0.25) is 0 Å². The van der Waals surface area contributed by atoms with Gasteiger partial charge < -0.3 is 10.8 Å². The van der Waals surface area contributed by atoms with Crippen LogP contribution in [0.1, 0.15) is 21.5 Å². The van der Waals surface area contributed by atoms with E-state index in [-0.39, 0.29) is 5.75 Å². The molecule has 1 amide bonds. The van der Waals surface area contributed by atoms with Gasteiger partial charge in [0.2, 0.25) is 5.91 Å². The first-order valence-corrected chi connectivity index (χ1v) is 4.96. The predicted octanol–water partition coefficient (Wildman–Crippen LogP) is 1.95. The fraction of sp³-hybridized carbons (Fsp3) is 0.154. The molecule has 3 heteroatoms. The molecule has 1 aromatic rings. The maximum absolute atomic E-state index is 11.1. The van der Waals surface area contributed by atoms with E-state index in [1.165, 1.54) is 0 Å². The summed E-state index contributed by atoms with van der Waals surface area (Å²) in [5, 5.41) is 9.91. The van der Waals surface area contributed by atoms with E-state index in [1.54, 1.807) is 24.3 Å². The van der Waals surface area contributed by atoms with E-state index in [9.17, 15) is 9.90 Å². The van der Waals surface area contributed by atoms with Crippen molar-refractivity contribution < 1.29 is 9.90 Å². The molecule has 0 fully saturated rings. The molecule has 0 aromatic heterocycles. The molecular formula is C13H15NO2. The predicted molar refractivity (Wildman–Crippen MR) is 64.4 cm³/mol. The molecule has 0 aliphatic heterocycles. The summed E-state index contributed by atoms with van der Waals surface area (Å²) in [6.07, 6.45) is 4.32. The fourth-order valence-electron chi connectivity index (χ4n) is 1.52. The first-order chi connectivity index (χ1) is 7.60. The van der Waals surface area contributed by atoms with Gasteiger partial charge in [0, 0.05) is 5.56 Å². The van der Waals surface area contributed by atoms with Crippen LogP contribution in [0.4, 0.5) is 0 Å². The first-order valence-electron chi connectivity index (χ1n) is 4.96. The minimum atomic E-state index is -0.504. The number of hydrogen-bond donors (Lipinski definition) is 2. The van der Waals surface area contributed by atoms with Crippen LogP contribution < -0.4 is 5.73 Å². The van der Waals surface area contributed by atoms with E-state index in [0.717, 1.165) is 0 Å². The summed E-state index contributed by atoms with van der Waals surface area (Å²) in [7, 11) is 0. The van der Waals surface area contributed by atoms with E-state index < -0.39 is 5.91 Å². The van der Waals surface area contributed by atoms with Gasteiger partial charge in [0.1, 0.15) is 5.75 Å². The van der Waals surface area contributed by atoms with Crippen LogP contribution in [0.5, 0.6) is 5.75 Å². The summed E-state index contributed by atoms with van der Waals surface area (Å²) in [6.45, 7) is 7.20. The monoisotopic (exact) mass is 217 g/mol. The smallest absolute Gasteiger partial charge is 0.248 e. The van der Waals surface area contributed by atoms with Gasteiger partial charge in [-0.25, -0.2) is 0 Å². The first kappa shape index (κ1) is 12.0. The molecule has 0 saturated heterocycles. The number of phenols is 1. The number of nitrogens with two attached hydrogens (primary N) is 1. The van der Waals surface area contributed by atoms with Gasteiger partial charge in [-0.05, 0) is 36.1 Å². The van der Waals surface area contributed by atoms with Crippen LogP contribution in [0.3, 0.4) is 0 Å². The zero-order chi connectivity index (χ0) is 12.1. The van der Waals surface area contributed by atoms with E-state index in [0.29, 0.717) is 29.5 Å². The molecule has 0 atom stereocenters. The second-order valence-corrected chi connectivity index (χ2v) is 3.49. The molecule has 1 aromatic carbocycles. The topological polar surface area (TPSA) is 63.3 Å². The number of carbonyl (C=O) groups excluding carboxylic acids is 1. The number of phenolic OH excluding ortho intramolecular Hbond substituents is 1. The Morgan fingerprint density at radius 1 is 1.25 bits per heavy atom. The van der Waals surface area contributed by atoms with Gasteiger partial charge in [-0.2, -0.15) is 0 Å². The minimum Gasteiger partial charge on any atom is -0.507 e. The maximum Gasteiger partial charge on any atom is 0.248 e. The van der Waals surface area contributed by atoms with Crippen LogP contribution in [0.15, 0.2) is 37.4 Å².